The predicted octanol–water partition coefficient (Wildman–Crippen LogP) is 2.45. The first kappa shape index (κ1) is 12.3. The summed E-state index contributed by atoms with van der Waals surface area (Å²) in [6.07, 6.45) is 1.96. The Kier molecular flexibility index (Phi) is 3.91. The first-order chi connectivity index (χ1) is 8.20. The normalized spacial score (nSPS) is 10.8. The number of aryl methyl sites for hydroxylation is 1. The van der Waals surface area contributed by atoms with Gasteiger partial charge in [-0.2, -0.15) is 0 Å². The van der Waals surface area contributed by atoms with Crippen LogP contribution in [0.25, 0.3) is 5.69 Å². The van der Waals surface area contributed by atoms with Crippen molar-refractivity contribution < 1.29 is 0 Å². The smallest absolute Gasteiger partial charge is 0.0969 e. The number of aromatic nitrogens is 3. The fourth-order valence-corrected chi connectivity index (χ4v) is 2.10. The van der Waals surface area contributed by atoms with E-state index in [1.807, 2.05) is 23.0 Å². The number of rotatable bonds is 4. The molecular weight excluding hydrogens is 280 g/mol. The molecule has 0 saturated carbocycles. The average Bonchev–Trinajstić information content (AvgIpc) is 2.75. The first-order valence-corrected chi connectivity index (χ1v) is 6.38. The Labute approximate surface area is 109 Å². The molecule has 0 aliphatic rings. The summed E-state index contributed by atoms with van der Waals surface area (Å²) in [5.74, 6) is 0. The Bertz CT molecular complexity index is 507. The van der Waals surface area contributed by atoms with Crippen molar-refractivity contribution in [2.75, 3.05) is 6.54 Å². The quantitative estimate of drug-likeness (QED) is 0.942. The molecule has 2 aromatic rings. The first-order valence-electron chi connectivity index (χ1n) is 5.59. The molecule has 0 bridgehead atoms. The lowest BCUT2D eigenvalue weighted by Gasteiger charge is -2.04. The van der Waals surface area contributed by atoms with Crippen LogP contribution in [0.4, 0.5) is 0 Å². The van der Waals surface area contributed by atoms with Gasteiger partial charge < -0.3 is 5.32 Å². The summed E-state index contributed by atoms with van der Waals surface area (Å²) < 4.78 is 2.89. The summed E-state index contributed by atoms with van der Waals surface area (Å²) in [4.78, 5) is 0. The Hall–Kier alpha value is -1.20. The van der Waals surface area contributed by atoms with E-state index in [4.69, 9.17) is 0 Å². The third-order valence-electron chi connectivity index (χ3n) is 2.50. The van der Waals surface area contributed by atoms with Gasteiger partial charge in [-0.25, -0.2) is 4.68 Å². The van der Waals surface area contributed by atoms with Gasteiger partial charge in [0.05, 0.1) is 17.6 Å². The monoisotopic (exact) mass is 294 g/mol. The molecule has 5 heteroatoms. The van der Waals surface area contributed by atoms with E-state index >= 15 is 0 Å². The number of nitrogens with one attached hydrogen (secondary N) is 1. The minimum atomic E-state index is 0.756. The van der Waals surface area contributed by atoms with Crippen LogP contribution in [0, 0.1) is 6.92 Å². The second-order valence-corrected chi connectivity index (χ2v) is 4.78. The van der Waals surface area contributed by atoms with Crippen molar-refractivity contribution in [2.24, 2.45) is 0 Å². The number of nitrogens with zero attached hydrogens (tertiary/aromatic N) is 3. The highest BCUT2D eigenvalue weighted by Crippen LogP contribution is 2.18. The molecule has 1 aromatic carbocycles. The minimum absolute atomic E-state index is 0.756. The van der Waals surface area contributed by atoms with E-state index in [0.29, 0.717) is 0 Å². The standard InChI is InChI=1S/C12H15BrN4/c1-3-14-7-11-8-17(16-15-11)12-5-4-10(13)6-9(12)2/h4-6,8,14H,3,7H2,1-2H3. The third kappa shape index (κ3) is 2.92. The summed E-state index contributed by atoms with van der Waals surface area (Å²) in [7, 11) is 0. The van der Waals surface area contributed by atoms with E-state index in [0.717, 1.165) is 28.9 Å². The zero-order chi connectivity index (χ0) is 12.3. The second-order valence-electron chi connectivity index (χ2n) is 3.87. The van der Waals surface area contributed by atoms with Gasteiger partial charge in [-0.15, -0.1) is 5.10 Å². The molecule has 0 aliphatic heterocycles. The largest absolute Gasteiger partial charge is 0.311 e. The van der Waals surface area contributed by atoms with Crippen LogP contribution >= 0.6 is 15.9 Å². The summed E-state index contributed by atoms with van der Waals surface area (Å²) in [6.45, 7) is 5.82. The van der Waals surface area contributed by atoms with Crippen molar-refractivity contribution in [2.45, 2.75) is 20.4 Å². The Morgan fingerprint density at radius 1 is 1.41 bits per heavy atom. The molecule has 1 aromatic heterocycles. The number of hydrogen-bond acceptors (Lipinski definition) is 3. The molecule has 0 atom stereocenters. The average molecular weight is 295 g/mol. The fraction of sp³-hybridized carbons (Fsp3) is 0.333. The van der Waals surface area contributed by atoms with E-state index in [-0.39, 0.29) is 0 Å². The Morgan fingerprint density at radius 3 is 2.94 bits per heavy atom. The van der Waals surface area contributed by atoms with Gasteiger partial charge in [-0.05, 0) is 37.2 Å². The van der Waals surface area contributed by atoms with Crippen molar-refractivity contribution in [3.63, 3.8) is 0 Å². The zero-order valence-electron chi connectivity index (χ0n) is 9.94. The van der Waals surface area contributed by atoms with Crippen molar-refractivity contribution in [1.82, 2.24) is 20.3 Å². The topological polar surface area (TPSA) is 42.7 Å². The Balaban J connectivity index is 2.24. The maximum absolute atomic E-state index is 4.14. The van der Waals surface area contributed by atoms with Crippen LogP contribution in [0.15, 0.2) is 28.9 Å². The van der Waals surface area contributed by atoms with Crippen LogP contribution in [0.5, 0.6) is 0 Å². The van der Waals surface area contributed by atoms with Crippen LogP contribution in [0.1, 0.15) is 18.2 Å². The van der Waals surface area contributed by atoms with Crippen LogP contribution in [0.2, 0.25) is 0 Å². The van der Waals surface area contributed by atoms with Crippen LogP contribution in [-0.2, 0) is 6.54 Å². The van der Waals surface area contributed by atoms with Crippen molar-refractivity contribution in [3.05, 3.63) is 40.1 Å². The van der Waals surface area contributed by atoms with Gasteiger partial charge >= 0.3 is 0 Å². The molecule has 90 valence electrons. The van der Waals surface area contributed by atoms with E-state index in [1.54, 1.807) is 0 Å². The van der Waals surface area contributed by atoms with E-state index in [9.17, 15) is 0 Å². The molecule has 0 aliphatic carbocycles. The molecule has 0 fully saturated rings. The highest BCUT2D eigenvalue weighted by Gasteiger charge is 2.05. The maximum atomic E-state index is 4.14. The molecule has 0 spiro atoms. The summed E-state index contributed by atoms with van der Waals surface area (Å²) >= 11 is 3.45. The lowest BCUT2D eigenvalue weighted by atomic mass is 10.2. The Morgan fingerprint density at radius 2 is 2.24 bits per heavy atom. The maximum Gasteiger partial charge on any atom is 0.0969 e. The number of benzene rings is 1. The van der Waals surface area contributed by atoms with Gasteiger partial charge in [0, 0.05) is 11.0 Å². The van der Waals surface area contributed by atoms with Crippen molar-refractivity contribution in [1.29, 1.82) is 0 Å². The molecule has 2 rings (SSSR count). The van der Waals surface area contributed by atoms with Crippen LogP contribution < -0.4 is 5.32 Å². The molecule has 0 amide bonds. The van der Waals surface area contributed by atoms with E-state index < -0.39 is 0 Å². The molecule has 1 heterocycles. The molecule has 4 nitrogen and oxygen atoms in total. The van der Waals surface area contributed by atoms with Gasteiger partial charge in [-0.1, -0.05) is 28.1 Å². The van der Waals surface area contributed by atoms with Crippen LogP contribution in [0.3, 0.4) is 0 Å². The SMILES string of the molecule is CCNCc1cn(-c2ccc(Br)cc2C)nn1. The highest BCUT2D eigenvalue weighted by atomic mass is 79.9. The predicted molar refractivity (Wildman–Crippen MR) is 71.2 cm³/mol. The van der Waals surface area contributed by atoms with Gasteiger partial charge in [0.15, 0.2) is 0 Å². The summed E-state index contributed by atoms with van der Waals surface area (Å²) in [6, 6.07) is 6.11. The van der Waals surface area contributed by atoms with Gasteiger partial charge in [-0.3, -0.25) is 0 Å². The lowest BCUT2D eigenvalue weighted by Crippen LogP contribution is -2.11. The lowest BCUT2D eigenvalue weighted by molar-refractivity contribution is 0.705. The van der Waals surface area contributed by atoms with Gasteiger partial charge in [0.1, 0.15) is 0 Å². The molecule has 17 heavy (non-hydrogen) atoms. The molecule has 0 unspecified atom stereocenters. The fourth-order valence-electron chi connectivity index (χ4n) is 1.63. The minimum Gasteiger partial charge on any atom is -0.311 e. The number of hydrogen-bond donors (Lipinski definition) is 1. The summed E-state index contributed by atoms with van der Waals surface area (Å²) in [5.41, 5.74) is 3.18. The molecule has 0 radical (unpaired) electrons. The molecule has 0 saturated heterocycles. The zero-order valence-corrected chi connectivity index (χ0v) is 11.5. The summed E-state index contributed by atoms with van der Waals surface area (Å²) in [5, 5.41) is 11.5. The van der Waals surface area contributed by atoms with Gasteiger partial charge in [0.25, 0.3) is 0 Å². The molecular formula is C12H15BrN4. The highest BCUT2D eigenvalue weighted by molar-refractivity contribution is 9.10. The van der Waals surface area contributed by atoms with E-state index in [1.165, 1.54) is 5.56 Å². The second kappa shape index (κ2) is 5.42. The van der Waals surface area contributed by atoms with Crippen molar-refractivity contribution in [3.8, 4) is 5.69 Å². The third-order valence-corrected chi connectivity index (χ3v) is 3.00. The van der Waals surface area contributed by atoms with Gasteiger partial charge in [0.2, 0.25) is 0 Å². The van der Waals surface area contributed by atoms with Crippen LogP contribution in [-0.4, -0.2) is 21.5 Å². The number of halogens is 1. The van der Waals surface area contributed by atoms with Crippen molar-refractivity contribution >= 4 is 15.9 Å². The molecule has 1 N–H and O–H groups in total. The van der Waals surface area contributed by atoms with E-state index in [2.05, 4.69) is 51.5 Å².